The summed E-state index contributed by atoms with van der Waals surface area (Å²) in [5, 5.41) is 10.1. The largest absolute Gasteiger partial charge is 0.438 e. The first-order chi connectivity index (χ1) is 12.8. The van der Waals surface area contributed by atoms with Crippen molar-refractivity contribution >= 4 is 53.5 Å². The van der Waals surface area contributed by atoms with Crippen molar-refractivity contribution in [3.8, 4) is 11.6 Å². The molecule has 2 aromatic heterocycles. The van der Waals surface area contributed by atoms with Gasteiger partial charge < -0.3 is 4.74 Å². The second kappa shape index (κ2) is 7.98. The average Bonchev–Trinajstić information content (AvgIpc) is 3.02. The fourth-order valence-corrected chi connectivity index (χ4v) is 3.63. The summed E-state index contributed by atoms with van der Waals surface area (Å²) in [5.41, 5.74) is 0.188. The lowest BCUT2D eigenvalue weighted by molar-refractivity contribution is 0.102. The number of rotatable bonds is 6. The number of pyridine rings is 1. The Kier molecular flexibility index (Phi) is 5.68. The first kappa shape index (κ1) is 19.2. The smallest absolute Gasteiger partial charge is 0.262 e. The molecule has 0 atom stereocenters. The van der Waals surface area contributed by atoms with E-state index in [1.165, 1.54) is 6.20 Å². The van der Waals surface area contributed by atoms with Crippen LogP contribution in [0, 0.1) is 0 Å². The van der Waals surface area contributed by atoms with Gasteiger partial charge in [0.2, 0.25) is 26.2 Å². The van der Waals surface area contributed by atoms with E-state index in [0.29, 0.717) is 5.75 Å². The summed E-state index contributed by atoms with van der Waals surface area (Å²) >= 11 is 4.22. The van der Waals surface area contributed by atoms with E-state index in [2.05, 4.69) is 41.2 Å². The van der Waals surface area contributed by atoms with Crippen molar-refractivity contribution < 1.29 is 17.9 Å². The first-order valence-corrected chi connectivity index (χ1v) is 10.8. The number of aromatic nitrogens is 3. The third-order valence-electron chi connectivity index (χ3n) is 2.96. The average molecular weight is 470 g/mol. The molecule has 0 spiro atoms. The number of halogens is 1. The van der Waals surface area contributed by atoms with E-state index in [0.717, 1.165) is 22.1 Å². The highest BCUT2D eigenvalue weighted by molar-refractivity contribution is 9.10. The van der Waals surface area contributed by atoms with E-state index in [9.17, 15) is 13.2 Å². The summed E-state index contributed by atoms with van der Waals surface area (Å²) in [5.74, 6) is 0.120. The van der Waals surface area contributed by atoms with Crippen LogP contribution in [0.3, 0.4) is 0 Å². The van der Waals surface area contributed by atoms with Gasteiger partial charge in [-0.15, -0.1) is 10.2 Å². The fourth-order valence-electron chi connectivity index (χ4n) is 1.90. The number of ether oxygens (including phenoxy) is 1. The van der Waals surface area contributed by atoms with Crippen molar-refractivity contribution in [3.05, 3.63) is 52.6 Å². The summed E-state index contributed by atoms with van der Waals surface area (Å²) in [6.45, 7) is 0. The minimum atomic E-state index is -3.48. The molecule has 0 aliphatic carbocycles. The Balaban J connectivity index is 1.76. The number of sulfonamides is 1. The van der Waals surface area contributed by atoms with Gasteiger partial charge in [0.15, 0.2) is 0 Å². The molecule has 3 rings (SSSR count). The van der Waals surface area contributed by atoms with E-state index in [4.69, 9.17) is 4.74 Å². The Bertz CT molecular complexity index is 1070. The molecule has 9 nitrogen and oxygen atoms in total. The SMILES string of the molecule is CS(=O)(=O)Nc1nnc(NC(=O)c2cccnc2Oc2ccc(Br)cc2)s1. The van der Waals surface area contributed by atoms with Gasteiger partial charge in [-0.3, -0.25) is 14.8 Å². The minimum Gasteiger partial charge on any atom is -0.438 e. The molecule has 1 aromatic carbocycles. The number of nitrogens with one attached hydrogen (secondary N) is 2. The van der Waals surface area contributed by atoms with Gasteiger partial charge in [-0.1, -0.05) is 27.3 Å². The molecule has 0 unspecified atom stereocenters. The second-order valence-electron chi connectivity index (χ2n) is 5.15. The third kappa shape index (κ3) is 5.45. The molecular formula is C15H12BrN5O4S2. The Morgan fingerprint density at radius 2 is 1.85 bits per heavy atom. The van der Waals surface area contributed by atoms with Crippen LogP contribution in [0.4, 0.5) is 10.3 Å². The highest BCUT2D eigenvalue weighted by atomic mass is 79.9. The molecule has 0 saturated heterocycles. The van der Waals surface area contributed by atoms with Crippen LogP contribution in [-0.2, 0) is 10.0 Å². The van der Waals surface area contributed by atoms with E-state index >= 15 is 0 Å². The van der Waals surface area contributed by atoms with E-state index in [1.807, 2.05) is 0 Å². The van der Waals surface area contributed by atoms with Gasteiger partial charge in [0.1, 0.15) is 11.3 Å². The maximum atomic E-state index is 12.5. The maximum absolute atomic E-state index is 12.5. The van der Waals surface area contributed by atoms with Crippen molar-refractivity contribution in [2.24, 2.45) is 0 Å². The number of hydrogen-bond acceptors (Lipinski definition) is 8. The Morgan fingerprint density at radius 1 is 1.15 bits per heavy atom. The molecule has 0 aliphatic rings. The quantitative estimate of drug-likeness (QED) is 0.568. The van der Waals surface area contributed by atoms with Crippen molar-refractivity contribution in [2.45, 2.75) is 0 Å². The molecule has 0 bridgehead atoms. The van der Waals surface area contributed by atoms with Crippen molar-refractivity contribution in [3.63, 3.8) is 0 Å². The first-order valence-electron chi connectivity index (χ1n) is 7.31. The maximum Gasteiger partial charge on any atom is 0.262 e. The molecule has 1 amide bonds. The molecule has 0 aliphatic heterocycles. The van der Waals surface area contributed by atoms with Crippen LogP contribution in [0.2, 0.25) is 0 Å². The van der Waals surface area contributed by atoms with Crippen LogP contribution in [0.1, 0.15) is 10.4 Å². The molecule has 140 valence electrons. The predicted octanol–water partition coefficient (Wildman–Crippen LogP) is 3.11. The standard InChI is InChI=1S/C15H12BrN5O4S2/c1-27(23,24)21-15-20-19-14(26-15)18-12(22)11-3-2-8-17-13(11)25-10-6-4-9(16)5-7-10/h2-8H,1H3,(H,20,21)(H,18,19,22). The van der Waals surface area contributed by atoms with Crippen LogP contribution in [0.25, 0.3) is 0 Å². The monoisotopic (exact) mass is 469 g/mol. The van der Waals surface area contributed by atoms with Crippen LogP contribution < -0.4 is 14.8 Å². The number of anilines is 2. The number of benzene rings is 1. The third-order valence-corrected chi connectivity index (χ3v) is 4.94. The van der Waals surface area contributed by atoms with Crippen molar-refractivity contribution in [2.75, 3.05) is 16.3 Å². The Hall–Kier alpha value is -2.57. The van der Waals surface area contributed by atoms with Crippen LogP contribution >= 0.6 is 27.3 Å². The highest BCUT2D eigenvalue weighted by Crippen LogP contribution is 2.26. The van der Waals surface area contributed by atoms with E-state index < -0.39 is 15.9 Å². The topological polar surface area (TPSA) is 123 Å². The lowest BCUT2D eigenvalue weighted by Crippen LogP contribution is -2.13. The zero-order valence-electron chi connectivity index (χ0n) is 13.7. The molecule has 2 N–H and O–H groups in total. The molecule has 12 heteroatoms. The lowest BCUT2D eigenvalue weighted by atomic mass is 10.2. The summed E-state index contributed by atoms with van der Waals surface area (Å²) in [4.78, 5) is 16.6. The van der Waals surface area contributed by atoms with Crippen molar-refractivity contribution in [1.29, 1.82) is 0 Å². The molecule has 0 saturated carbocycles. The number of amides is 1. The van der Waals surface area contributed by atoms with Gasteiger partial charge in [-0.05, 0) is 36.4 Å². The number of carbonyl (C=O) groups is 1. The van der Waals surface area contributed by atoms with Gasteiger partial charge in [0.05, 0.1) is 6.26 Å². The molecular weight excluding hydrogens is 458 g/mol. The minimum absolute atomic E-state index is 0.0466. The summed E-state index contributed by atoms with van der Waals surface area (Å²) < 4.78 is 31.2. The van der Waals surface area contributed by atoms with Gasteiger partial charge in [0, 0.05) is 10.7 Å². The van der Waals surface area contributed by atoms with Crippen LogP contribution in [0.15, 0.2) is 47.1 Å². The van der Waals surface area contributed by atoms with Gasteiger partial charge >= 0.3 is 0 Å². The molecule has 0 fully saturated rings. The van der Waals surface area contributed by atoms with Gasteiger partial charge in [-0.2, -0.15) is 0 Å². The Morgan fingerprint density at radius 3 is 2.56 bits per heavy atom. The van der Waals surface area contributed by atoms with Gasteiger partial charge in [-0.25, -0.2) is 13.4 Å². The van der Waals surface area contributed by atoms with Gasteiger partial charge in [0.25, 0.3) is 5.91 Å². The molecule has 2 heterocycles. The number of hydrogen-bond donors (Lipinski definition) is 2. The number of nitrogens with zero attached hydrogens (tertiary/aromatic N) is 3. The predicted molar refractivity (Wildman–Crippen MR) is 105 cm³/mol. The van der Waals surface area contributed by atoms with Crippen LogP contribution in [-0.4, -0.2) is 35.8 Å². The summed E-state index contributed by atoms with van der Waals surface area (Å²) in [7, 11) is -3.48. The zero-order chi connectivity index (χ0) is 19.4. The van der Waals surface area contributed by atoms with E-state index in [-0.39, 0.29) is 21.7 Å². The number of carbonyl (C=O) groups excluding carboxylic acids is 1. The fraction of sp³-hybridized carbons (Fsp3) is 0.0667. The molecule has 0 radical (unpaired) electrons. The second-order valence-corrected chi connectivity index (χ2v) is 8.79. The molecule has 27 heavy (non-hydrogen) atoms. The summed E-state index contributed by atoms with van der Waals surface area (Å²) in [6, 6.07) is 10.2. The normalized spacial score (nSPS) is 11.0. The van der Waals surface area contributed by atoms with Crippen molar-refractivity contribution in [1.82, 2.24) is 15.2 Å². The Labute approximate surface area is 167 Å². The lowest BCUT2D eigenvalue weighted by Gasteiger charge is -2.09. The zero-order valence-corrected chi connectivity index (χ0v) is 16.9. The summed E-state index contributed by atoms with van der Waals surface area (Å²) in [6.07, 6.45) is 2.50. The van der Waals surface area contributed by atoms with E-state index in [1.54, 1.807) is 36.4 Å². The van der Waals surface area contributed by atoms with Crippen LogP contribution in [0.5, 0.6) is 11.6 Å². The molecule has 3 aromatic rings. The highest BCUT2D eigenvalue weighted by Gasteiger charge is 2.17.